The SMILES string of the molecule is CCCCCCCCCc1ccc(S(=O)(=O)[O-])cc1Oc1ccccc1.[Na+]. The molecule has 4 nitrogen and oxygen atoms in total. The van der Waals surface area contributed by atoms with Crippen molar-refractivity contribution in [3.05, 3.63) is 54.1 Å². The first-order valence-corrected chi connectivity index (χ1v) is 10.7. The van der Waals surface area contributed by atoms with Crippen LogP contribution in [0.4, 0.5) is 0 Å². The van der Waals surface area contributed by atoms with Crippen LogP contribution >= 0.6 is 0 Å². The Bertz CT molecular complexity index is 776. The van der Waals surface area contributed by atoms with Crippen LogP contribution in [0, 0.1) is 0 Å². The molecule has 2 aromatic carbocycles. The molecule has 0 N–H and O–H groups in total. The number of hydrogen-bond donors (Lipinski definition) is 0. The maximum absolute atomic E-state index is 11.3. The second-order valence-electron chi connectivity index (χ2n) is 6.51. The van der Waals surface area contributed by atoms with E-state index in [0.717, 1.165) is 24.8 Å². The predicted molar refractivity (Wildman–Crippen MR) is 103 cm³/mol. The number of ether oxygens (including phenoxy) is 1. The predicted octanol–water partition coefficient (Wildman–Crippen LogP) is 2.68. The molecule has 0 aliphatic carbocycles. The average Bonchev–Trinajstić information content (AvgIpc) is 2.62. The summed E-state index contributed by atoms with van der Waals surface area (Å²) in [6, 6.07) is 13.6. The molecule has 0 aliphatic heterocycles. The molecule has 0 saturated heterocycles. The minimum atomic E-state index is -4.50. The van der Waals surface area contributed by atoms with E-state index in [4.69, 9.17) is 4.74 Å². The van der Waals surface area contributed by atoms with Gasteiger partial charge in [-0.25, -0.2) is 8.42 Å². The third-order valence-corrected chi connectivity index (χ3v) is 5.18. The Morgan fingerprint density at radius 3 is 2.15 bits per heavy atom. The van der Waals surface area contributed by atoms with Crippen molar-refractivity contribution in [1.29, 1.82) is 0 Å². The fraction of sp³-hybridized carbons (Fsp3) is 0.429. The molecule has 2 aromatic rings. The number of hydrogen-bond acceptors (Lipinski definition) is 4. The molecule has 0 saturated carbocycles. The van der Waals surface area contributed by atoms with Crippen molar-refractivity contribution < 1.29 is 47.3 Å². The molecule has 142 valence electrons. The van der Waals surface area contributed by atoms with E-state index < -0.39 is 10.1 Å². The molecule has 0 atom stereocenters. The standard InChI is InChI=1S/C21H28O4S.Na/c1-2-3-4-5-6-7-9-12-18-15-16-20(26(22,23)24)17-21(18)25-19-13-10-8-11-14-19;/h8,10-11,13-17H,2-7,9,12H2,1H3,(H,22,23,24);/q;+1/p-1. The topological polar surface area (TPSA) is 66.4 Å². The number of unbranched alkanes of at least 4 members (excludes halogenated alkanes) is 6. The van der Waals surface area contributed by atoms with Crippen LogP contribution in [-0.4, -0.2) is 13.0 Å². The summed E-state index contributed by atoms with van der Waals surface area (Å²) in [7, 11) is -4.50. The Hall–Kier alpha value is -0.850. The summed E-state index contributed by atoms with van der Waals surface area (Å²) in [5.74, 6) is 1.06. The molecule has 0 heterocycles. The molecule has 0 spiro atoms. The van der Waals surface area contributed by atoms with Gasteiger partial charge in [0.05, 0.1) is 4.90 Å². The second-order valence-corrected chi connectivity index (χ2v) is 7.89. The van der Waals surface area contributed by atoms with Gasteiger partial charge in [-0.3, -0.25) is 0 Å². The van der Waals surface area contributed by atoms with Gasteiger partial charge in [0.1, 0.15) is 21.6 Å². The summed E-state index contributed by atoms with van der Waals surface area (Å²) in [6.07, 6.45) is 9.24. The molecule has 0 aromatic heterocycles. The van der Waals surface area contributed by atoms with Crippen LogP contribution in [0.3, 0.4) is 0 Å². The molecule has 0 fully saturated rings. The molecule has 0 unspecified atom stereocenters. The van der Waals surface area contributed by atoms with E-state index in [1.807, 2.05) is 18.2 Å². The first-order chi connectivity index (χ1) is 12.5. The van der Waals surface area contributed by atoms with E-state index in [-0.39, 0.29) is 34.5 Å². The summed E-state index contributed by atoms with van der Waals surface area (Å²) < 4.78 is 39.8. The molecular formula is C21H27NaO4S. The smallest absolute Gasteiger partial charge is 0.744 e. The van der Waals surface area contributed by atoms with Crippen molar-refractivity contribution in [3.63, 3.8) is 0 Å². The molecule has 0 radical (unpaired) electrons. The third kappa shape index (κ3) is 8.79. The zero-order valence-electron chi connectivity index (χ0n) is 16.3. The van der Waals surface area contributed by atoms with Gasteiger partial charge in [-0.1, -0.05) is 69.7 Å². The van der Waals surface area contributed by atoms with Crippen molar-refractivity contribution in [2.75, 3.05) is 0 Å². The van der Waals surface area contributed by atoms with Crippen LogP contribution in [0.5, 0.6) is 11.5 Å². The fourth-order valence-electron chi connectivity index (χ4n) is 2.88. The van der Waals surface area contributed by atoms with Crippen LogP contribution < -0.4 is 34.3 Å². The van der Waals surface area contributed by atoms with Crippen LogP contribution in [-0.2, 0) is 16.5 Å². The van der Waals surface area contributed by atoms with E-state index in [1.54, 1.807) is 18.2 Å². The fourth-order valence-corrected chi connectivity index (χ4v) is 3.37. The third-order valence-electron chi connectivity index (χ3n) is 4.35. The van der Waals surface area contributed by atoms with E-state index in [0.29, 0.717) is 11.5 Å². The Labute approximate surface area is 185 Å². The Morgan fingerprint density at radius 1 is 0.889 bits per heavy atom. The summed E-state index contributed by atoms with van der Waals surface area (Å²) in [5, 5.41) is 0. The van der Waals surface area contributed by atoms with Crippen molar-refractivity contribution in [3.8, 4) is 11.5 Å². The molecule has 0 bridgehead atoms. The van der Waals surface area contributed by atoms with Crippen molar-refractivity contribution >= 4 is 10.1 Å². The van der Waals surface area contributed by atoms with Gasteiger partial charge in [0.15, 0.2) is 0 Å². The minimum absolute atomic E-state index is 0. The zero-order chi connectivity index (χ0) is 18.8. The van der Waals surface area contributed by atoms with Crippen LogP contribution in [0.25, 0.3) is 0 Å². The van der Waals surface area contributed by atoms with Gasteiger partial charge in [-0.05, 0) is 42.7 Å². The van der Waals surface area contributed by atoms with Crippen molar-refractivity contribution in [2.45, 2.75) is 63.2 Å². The zero-order valence-corrected chi connectivity index (χ0v) is 19.1. The van der Waals surface area contributed by atoms with Gasteiger partial charge in [0.25, 0.3) is 0 Å². The minimum Gasteiger partial charge on any atom is -0.744 e. The van der Waals surface area contributed by atoms with Crippen LogP contribution in [0.1, 0.15) is 57.4 Å². The van der Waals surface area contributed by atoms with E-state index in [1.165, 1.54) is 44.2 Å². The summed E-state index contributed by atoms with van der Waals surface area (Å²) in [4.78, 5) is -0.258. The number of rotatable bonds is 11. The number of benzene rings is 2. The van der Waals surface area contributed by atoms with E-state index in [2.05, 4.69) is 6.92 Å². The average molecular weight is 399 g/mol. The summed E-state index contributed by atoms with van der Waals surface area (Å²) >= 11 is 0. The summed E-state index contributed by atoms with van der Waals surface area (Å²) in [6.45, 7) is 2.21. The molecule has 27 heavy (non-hydrogen) atoms. The number of aryl methyl sites for hydroxylation is 1. The number of para-hydroxylation sites is 1. The second kappa shape index (κ2) is 12.6. The van der Waals surface area contributed by atoms with Gasteiger partial charge in [-0.15, -0.1) is 0 Å². The summed E-state index contributed by atoms with van der Waals surface area (Å²) in [5.41, 5.74) is 0.926. The van der Waals surface area contributed by atoms with Gasteiger partial charge >= 0.3 is 29.6 Å². The Morgan fingerprint density at radius 2 is 1.52 bits per heavy atom. The molecular weight excluding hydrogens is 371 g/mol. The molecule has 0 amide bonds. The van der Waals surface area contributed by atoms with Gasteiger partial charge in [0, 0.05) is 0 Å². The molecule has 6 heteroatoms. The molecule has 2 rings (SSSR count). The van der Waals surface area contributed by atoms with Gasteiger partial charge in [0.2, 0.25) is 0 Å². The first kappa shape index (κ1) is 24.2. The quantitative estimate of drug-likeness (QED) is 0.332. The largest absolute Gasteiger partial charge is 1.00 e. The first-order valence-electron chi connectivity index (χ1n) is 9.32. The van der Waals surface area contributed by atoms with Crippen molar-refractivity contribution in [1.82, 2.24) is 0 Å². The Balaban J connectivity index is 0.00000364. The van der Waals surface area contributed by atoms with E-state index in [9.17, 15) is 13.0 Å². The molecule has 0 aliphatic rings. The van der Waals surface area contributed by atoms with Crippen LogP contribution in [0.15, 0.2) is 53.4 Å². The van der Waals surface area contributed by atoms with E-state index >= 15 is 0 Å². The Kier molecular flexibility index (Phi) is 11.3. The maximum atomic E-state index is 11.3. The van der Waals surface area contributed by atoms with Crippen molar-refractivity contribution in [2.24, 2.45) is 0 Å². The van der Waals surface area contributed by atoms with Gasteiger partial charge < -0.3 is 9.29 Å². The monoisotopic (exact) mass is 398 g/mol. The normalized spacial score (nSPS) is 11.0. The van der Waals surface area contributed by atoms with Crippen LogP contribution in [0.2, 0.25) is 0 Å². The van der Waals surface area contributed by atoms with Gasteiger partial charge in [-0.2, -0.15) is 0 Å². The maximum Gasteiger partial charge on any atom is 1.00 e.